The van der Waals surface area contributed by atoms with Crippen LogP contribution in [-0.4, -0.2) is 46.3 Å². The van der Waals surface area contributed by atoms with Gasteiger partial charge in [0.2, 0.25) is 0 Å². The molecule has 0 aliphatic rings. The van der Waals surface area contributed by atoms with E-state index in [0.29, 0.717) is 12.6 Å². The number of hydrogen-bond donors (Lipinski definition) is 1. The van der Waals surface area contributed by atoms with Crippen molar-refractivity contribution in [3.63, 3.8) is 0 Å². The van der Waals surface area contributed by atoms with E-state index in [-0.39, 0.29) is 6.04 Å². The lowest BCUT2D eigenvalue weighted by Crippen LogP contribution is -2.39. The normalized spacial score (nSPS) is 15.0. The highest BCUT2D eigenvalue weighted by molar-refractivity contribution is 7.98. The highest BCUT2D eigenvalue weighted by Crippen LogP contribution is 2.22. The Labute approximate surface area is 115 Å². The van der Waals surface area contributed by atoms with Gasteiger partial charge >= 0.3 is 0 Å². The molecule has 0 saturated heterocycles. The summed E-state index contributed by atoms with van der Waals surface area (Å²) in [6.07, 6.45) is 7.36. The molecule has 0 saturated carbocycles. The average molecular weight is 270 g/mol. The van der Waals surface area contributed by atoms with E-state index in [1.165, 1.54) is 5.56 Å². The van der Waals surface area contributed by atoms with E-state index < -0.39 is 0 Å². The molecule has 0 aliphatic carbocycles. The van der Waals surface area contributed by atoms with Crippen molar-refractivity contribution in [2.75, 3.05) is 25.6 Å². The number of aryl methyl sites for hydroxylation is 1. The average Bonchev–Trinajstić information content (AvgIpc) is 2.85. The minimum atomic E-state index is 0.266. The summed E-state index contributed by atoms with van der Waals surface area (Å²) >= 11 is 1.89. The van der Waals surface area contributed by atoms with Gasteiger partial charge in [-0.3, -0.25) is 9.58 Å². The molecule has 2 atom stereocenters. The lowest BCUT2D eigenvalue weighted by Gasteiger charge is -2.33. The Bertz CT molecular complexity index is 339. The molecule has 0 spiro atoms. The molecule has 0 fully saturated rings. The van der Waals surface area contributed by atoms with Gasteiger partial charge < -0.3 is 5.73 Å². The topological polar surface area (TPSA) is 47.1 Å². The van der Waals surface area contributed by atoms with Gasteiger partial charge in [-0.05, 0) is 26.6 Å². The Balaban J connectivity index is 2.80. The molecular formula is C13H26N4S. The predicted octanol–water partition coefficient (Wildman–Crippen LogP) is 1.98. The van der Waals surface area contributed by atoms with Crippen molar-refractivity contribution in [3.8, 4) is 0 Å². The standard InChI is InChI=1S/C13H26N4S/c1-5-12(10-18-4)16(3)13(7-14)11-8-15-17(6-2)9-11/h8-9,12-13H,5-7,10,14H2,1-4H3. The monoisotopic (exact) mass is 270 g/mol. The number of nitrogens with two attached hydrogens (primary N) is 1. The summed E-state index contributed by atoms with van der Waals surface area (Å²) in [5, 5.41) is 4.35. The largest absolute Gasteiger partial charge is 0.329 e. The van der Waals surface area contributed by atoms with Gasteiger partial charge in [0.1, 0.15) is 0 Å². The van der Waals surface area contributed by atoms with E-state index in [2.05, 4.69) is 43.3 Å². The molecule has 0 radical (unpaired) electrons. The molecule has 18 heavy (non-hydrogen) atoms. The van der Waals surface area contributed by atoms with E-state index in [1.54, 1.807) is 0 Å². The fourth-order valence-corrected chi connectivity index (χ4v) is 3.09. The zero-order valence-corrected chi connectivity index (χ0v) is 12.8. The van der Waals surface area contributed by atoms with Crippen molar-refractivity contribution >= 4 is 11.8 Å². The fourth-order valence-electron chi connectivity index (χ4n) is 2.23. The maximum absolute atomic E-state index is 5.96. The molecule has 2 unspecified atom stereocenters. The molecule has 2 N–H and O–H groups in total. The molecular weight excluding hydrogens is 244 g/mol. The molecule has 104 valence electrons. The number of likely N-dealkylation sites (N-methyl/N-ethyl adjacent to an activating group) is 1. The zero-order chi connectivity index (χ0) is 13.5. The number of aromatic nitrogens is 2. The van der Waals surface area contributed by atoms with Gasteiger partial charge in [-0.15, -0.1) is 0 Å². The van der Waals surface area contributed by atoms with E-state index in [1.807, 2.05) is 22.6 Å². The zero-order valence-electron chi connectivity index (χ0n) is 12.0. The van der Waals surface area contributed by atoms with Crippen molar-refractivity contribution in [2.24, 2.45) is 5.73 Å². The summed E-state index contributed by atoms with van der Waals surface area (Å²) in [6.45, 7) is 5.88. The molecule has 0 aromatic carbocycles. The van der Waals surface area contributed by atoms with Gasteiger partial charge in [0.25, 0.3) is 0 Å². The third kappa shape index (κ3) is 3.73. The predicted molar refractivity (Wildman–Crippen MR) is 79.9 cm³/mol. The summed E-state index contributed by atoms with van der Waals surface area (Å²) in [7, 11) is 2.17. The Morgan fingerprint density at radius 2 is 2.22 bits per heavy atom. The summed E-state index contributed by atoms with van der Waals surface area (Å²) in [6, 6.07) is 0.834. The van der Waals surface area contributed by atoms with Crippen LogP contribution < -0.4 is 5.73 Å². The molecule has 0 aliphatic heterocycles. The van der Waals surface area contributed by atoms with Crippen molar-refractivity contribution < 1.29 is 0 Å². The van der Waals surface area contributed by atoms with Crippen LogP contribution in [0.5, 0.6) is 0 Å². The highest BCUT2D eigenvalue weighted by atomic mass is 32.2. The summed E-state index contributed by atoms with van der Waals surface area (Å²) in [4.78, 5) is 2.40. The van der Waals surface area contributed by atoms with Crippen LogP contribution >= 0.6 is 11.8 Å². The Kier molecular flexibility index (Phi) is 6.75. The van der Waals surface area contributed by atoms with Crippen LogP contribution in [0.25, 0.3) is 0 Å². The molecule has 0 bridgehead atoms. The first kappa shape index (κ1) is 15.5. The van der Waals surface area contributed by atoms with E-state index in [9.17, 15) is 0 Å². The second-order valence-electron chi connectivity index (χ2n) is 4.56. The van der Waals surface area contributed by atoms with Crippen LogP contribution in [-0.2, 0) is 6.54 Å². The second kappa shape index (κ2) is 7.81. The van der Waals surface area contributed by atoms with Crippen LogP contribution in [0.15, 0.2) is 12.4 Å². The smallest absolute Gasteiger partial charge is 0.0538 e. The third-order valence-electron chi connectivity index (χ3n) is 3.48. The Morgan fingerprint density at radius 3 is 2.67 bits per heavy atom. The van der Waals surface area contributed by atoms with Crippen molar-refractivity contribution in [1.82, 2.24) is 14.7 Å². The number of hydrogen-bond acceptors (Lipinski definition) is 4. The molecule has 4 nitrogen and oxygen atoms in total. The lowest BCUT2D eigenvalue weighted by molar-refractivity contribution is 0.188. The third-order valence-corrected chi connectivity index (χ3v) is 4.20. The van der Waals surface area contributed by atoms with Gasteiger partial charge in [0, 0.05) is 36.6 Å². The van der Waals surface area contributed by atoms with Gasteiger partial charge in [0.05, 0.1) is 12.2 Å². The molecule has 1 aromatic heterocycles. The van der Waals surface area contributed by atoms with Gasteiger partial charge in [-0.1, -0.05) is 6.92 Å². The number of nitrogens with zero attached hydrogens (tertiary/aromatic N) is 3. The molecule has 0 amide bonds. The minimum Gasteiger partial charge on any atom is -0.329 e. The lowest BCUT2D eigenvalue weighted by atomic mass is 10.1. The van der Waals surface area contributed by atoms with Crippen molar-refractivity contribution in [1.29, 1.82) is 0 Å². The number of thioether (sulfide) groups is 1. The van der Waals surface area contributed by atoms with Crippen LogP contribution in [0, 0.1) is 0 Å². The molecule has 1 rings (SSSR count). The highest BCUT2D eigenvalue weighted by Gasteiger charge is 2.22. The quantitative estimate of drug-likeness (QED) is 0.784. The maximum Gasteiger partial charge on any atom is 0.0538 e. The minimum absolute atomic E-state index is 0.266. The summed E-state index contributed by atoms with van der Waals surface area (Å²) in [5.74, 6) is 1.14. The first-order chi connectivity index (χ1) is 8.67. The van der Waals surface area contributed by atoms with Gasteiger partial charge in [-0.25, -0.2) is 0 Å². The first-order valence-corrected chi connectivity index (χ1v) is 8.00. The SMILES string of the molecule is CCC(CSC)N(C)C(CN)c1cnn(CC)c1. The van der Waals surface area contributed by atoms with E-state index in [4.69, 9.17) is 5.73 Å². The number of rotatable bonds is 8. The van der Waals surface area contributed by atoms with Crippen LogP contribution in [0.3, 0.4) is 0 Å². The van der Waals surface area contributed by atoms with Gasteiger partial charge in [-0.2, -0.15) is 16.9 Å². The van der Waals surface area contributed by atoms with Crippen molar-refractivity contribution in [3.05, 3.63) is 18.0 Å². The van der Waals surface area contributed by atoms with Crippen LogP contribution in [0.1, 0.15) is 31.9 Å². The fraction of sp³-hybridized carbons (Fsp3) is 0.769. The summed E-state index contributed by atoms with van der Waals surface area (Å²) < 4.78 is 1.96. The van der Waals surface area contributed by atoms with Crippen molar-refractivity contribution in [2.45, 2.75) is 38.9 Å². The maximum atomic E-state index is 5.96. The van der Waals surface area contributed by atoms with Gasteiger partial charge in [0.15, 0.2) is 0 Å². The van der Waals surface area contributed by atoms with E-state index in [0.717, 1.165) is 18.7 Å². The first-order valence-electron chi connectivity index (χ1n) is 6.61. The molecule has 5 heteroatoms. The molecule has 1 aromatic rings. The second-order valence-corrected chi connectivity index (χ2v) is 5.47. The molecule has 1 heterocycles. The van der Waals surface area contributed by atoms with Crippen LogP contribution in [0.2, 0.25) is 0 Å². The van der Waals surface area contributed by atoms with Crippen LogP contribution in [0.4, 0.5) is 0 Å². The Morgan fingerprint density at radius 1 is 1.50 bits per heavy atom. The summed E-state index contributed by atoms with van der Waals surface area (Å²) in [5.41, 5.74) is 7.18. The Hall–Kier alpha value is -0.520. The van der Waals surface area contributed by atoms with E-state index >= 15 is 0 Å².